The Labute approximate surface area is 150 Å². The van der Waals surface area contributed by atoms with Gasteiger partial charge in [0.25, 0.3) is 5.78 Å². The molecule has 1 aliphatic carbocycles. The second-order valence-corrected chi connectivity index (χ2v) is 6.79. The molecule has 1 amide bonds. The van der Waals surface area contributed by atoms with Crippen LogP contribution in [0.2, 0.25) is 0 Å². The Kier molecular flexibility index (Phi) is 4.14. The second kappa shape index (κ2) is 6.47. The summed E-state index contributed by atoms with van der Waals surface area (Å²) < 4.78 is 6.96. The van der Waals surface area contributed by atoms with E-state index in [1.165, 1.54) is 6.33 Å². The third-order valence-electron chi connectivity index (χ3n) is 4.74. The van der Waals surface area contributed by atoms with Crippen molar-refractivity contribution in [3.63, 3.8) is 0 Å². The lowest BCUT2D eigenvalue weighted by Gasteiger charge is -2.12. The Bertz CT molecular complexity index is 957. The molecule has 3 heterocycles. The molecule has 0 aromatic carbocycles. The molecular formula is C17H21N7O2. The summed E-state index contributed by atoms with van der Waals surface area (Å²) in [6.07, 6.45) is 4.63. The van der Waals surface area contributed by atoms with E-state index >= 15 is 0 Å². The monoisotopic (exact) mass is 355 g/mol. The predicted molar refractivity (Wildman–Crippen MR) is 91.4 cm³/mol. The molecule has 0 saturated heterocycles. The zero-order valence-corrected chi connectivity index (χ0v) is 15.1. The van der Waals surface area contributed by atoms with Gasteiger partial charge in [0.05, 0.1) is 0 Å². The van der Waals surface area contributed by atoms with Crippen LogP contribution < -0.4 is 5.32 Å². The topological polar surface area (TPSA) is 111 Å². The SMILES string of the molecule is Cc1nc2ncnn2c(C)c1CCC(=O)N[C@@H](C)c1nc(C2CC2)no1. The van der Waals surface area contributed by atoms with Crippen molar-refractivity contribution in [2.24, 2.45) is 0 Å². The van der Waals surface area contributed by atoms with Crippen LogP contribution in [0.25, 0.3) is 5.78 Å². The summed E-state index contributed by atoms with van der Waals surface area (Å²) in [6, 6.07) is -0.305. The molecule has 0 spiro atoms. The fourth-order valence-electron chi connectivity index (χ4n) is 3.06. The highest BCUT2D eigenvalue weighted by atomic mass is 16.5. The van der Waals surface area contributed by atoms with Crippen LogP contribution in [0.15, 0.2) is 10.9 Å². The summed E-state index contributed by atoms with van der Waals surface area (Å²) in [6.45, 7) is 5.74. The lowest BCUT2D eigenvalue weighted by atomic mass is 10.1. The molecule has 1 aliphatic rings. The number of nitrogens with zero attached hydrogens (tertiary/aromatic N) is 6. The largest absolute Gasteiger partial charge is 0.345 e. The first kappa shape index (κ1) is 16.6. The number of aromatic nitrogens is 6. The molecule has 26 heavy (non-hydrogen) atoms. The Morgan fingerprint density at radius 2 is 2.19 bits per heavy atom. The average molecular weight is 355 g/mol. The lowest BCUT2D eigenvalue weighted by molar-refractivity contribution is -0.121. The molecule has 9 heteroatoms. The summed E-state index contributed by atoms with van der Waals surface area (Å²) in [4.78, 5) is 25.3. The molecule has 0 aliphatic heterocycles. The van der Waals surface area contributed by atoms with E-state index < -0.39 is 0 Å². The number of aryl methyl sites for hydroxylation is 2. The minimum atomic E-state index is -0.305. The second-order valence-electron chi connectivity index (χ2n) is 6.79. The van der Waals surface area contributed by atoms with Crippen molar-refractivity contribution in [3.05, 3.63) is 35.0 Å². The molecule has 9 nitrogen and oxygen atoms in total. The van der Waals surface area contributed by atoms with Crippen molar-refractivity contribution in [3.8, 4) is 0 Å². The van der Waals surface area contributed by atoms with Crippen molar-refractivity contribution in [1.82, 2.24) is 35.0 Å². The molecule has 136 valence electrons. The summed E-state index contributed by atoms with van der Waals surface area (Å²) in [5, 5.41) is 11.1. The standard InChI is InChI=1S/C17H21N7O2/c1-9-13(11(3)24-17(21-9)18-8-19-24)6-7-14(25)20-10(2)16-22-15(23-26-16)12-4-5-12/h8,10,12H,4-7H2,1-3H3,(H,20,25)/t10-/m0/s1. The van der Waals surface area contributed by atoms with E-state index in [1.807, 2.05) is 20.8 Å². The van der Waals surface area contributed by atoms with Gasteiger partial charge < -0.3 is 9.84 Å². The van der Waals surface area contributed by atoms with Crippen LogP contribution in [0.1, 0.15) is 66.8 Å². The highest BCUT2D eigenvalue weighted by Gasteiger charge is 2.29. The molecular weight excluding hydrogens is 334 g/mol. The highest BCUT2D eigenvalue weighted by molar-refractivity contribution is 5.76. The van der Waals surface area contributed by atoms with Gasteiger partial charge in [0, 0.05) is 23.7 Å². The number of carbonyl (C=O) groups is 1. The van der Waals surface area contributed by atoms with E-state index in [0.717, 1.165) is 35.6 Å². The first-order chi connectivity index (χ1) is 12.5. The Morgan fingerprint density at radius 1 is 1.38 bits per heavy atom. The average Bonchev–Trinajstić information content (AvgIpc) is 3.14. The Morgan fingerprint density at radius 3 is 2.96 bits per heavy atom. The van der Waals surface area contributed by atoms with E-state index in [0.29, 0.717) is 30.4 Å². The van der Waals surface area contributed by atoms with Crippen molar-refractivity contribution >= 4 is 11.7 Å². The van der Waals surface area contributed by atoms with Gasteiger partial charge in [0.15, 0.2) is 5.82 Å². The predicted octanol–water partition coefficient (Wildman–Crippen LogP) is 1.81. The van der Waals surface area contributed by atoms with Gasteiger partial charge in [-0.15, -0.1) is 0 Å². The van der Waals surface area contributed by atoms with E-state index in [-0.39, 0.29) is 11.9 Å². The van der Waals surface area contributed by atoms with Crippen LogP contribution >= 0.6 is 0 Å². The molecule has 0 unspecified atom stereocenters. The first-order valence-electron chi connectivity index (χ1n) is 8.81. The highest BCUT2D eigenvalue weighted by Crippen LogP contribution is 2.38. The van der Waals surface area contributed by atoms with Crippen molar-refractivity contribution in [2.45, 2.75) is 58.4 Å². The van der Waals surface area contributed by atoms with E-state index in [4.69, 9.17) is 4.52 Å². The van der Waals surface area contributed by atoms with Crippen molar-refractivity contribution < 1.29 is 9.32 Å². The number of fused-ring (bicyclic) bond motifs is 1. The van der Waals surface area contributed by atoms with Crippen LogP contribution in [0.3, 0.4) is 0 Å². The summed E-state index contributed by atoms with van der Waals surface area (Å²) >= 11 is 0. The quantitative estimate of drug-likeness (QED) is 0.718. The first-order valence-corrected chi connectivity index (χ1v) is 8.81. The van der Waals surface area contributed by atoms with E-state index in [9.17, 15) is 4.79 Å². The third-order valence-corrected chi connectivity index (χ3v) is 4.74. The summed E-state index contributed by atoms with van der Waals surface area (Å²) in [7, 11) is 0. The molecule has 0 bridgehead atoms. The maximum atomic E-state index is 12.3. The number of rotatable bonds is 6. The minimum absolute atomic E-state index is 0.0684. The number of nitrogens with one attached hydrogen (secondary N) is 1. The van der Waals surface area contributed by atoms with E-state index in [2.05, 4.69) is 30.5 Å². The van der Waals surface area contributed by atoms with Crippen LogP contribution in [-0.4, -0.2) is 35.6 Å². The molecule has 4 rings (SSSR count). The van der Waals surface area contributed by atoms with Crippen molar-refractivity contribution in [2.75, 3.05) is 0 Å². The van der Waals surface area contributed by atoms with Crippen LogP contribution in [0.5, 0.6) is 0 Å². The van der Waals surface area contributed by atoms with Gasteiger partial charge in [-0.25, -0.2) is 9.50 Å². The van der Waals surface area contributed by atoms with Gasteiger partial charge in [0.2, 0.25) is 11.8 Å². The number of hydrogen-bond donors (Lipinski definition) is 1. The van der Waals surface area contributed by atoms with Gasteiger partial charge in [0.1, 0.15) is 12.4 Å². The summed E-state index contributed by atoms with van der Waals surface area (Å²) in [5.41, 5.74) is 2.84. The smallest absolute Gasteiger partial charge is 0.252 e. The number of hydrogen-bond acceptors (Lipinski definition) is 7. The zero-order valence-electron chi connectivity index (χ0n) is 15.1. The lowest BCUT2D eigenvalue weighted by Crippen LogP contribution is -2.27. The number of amides is 1. The van der Waals surface area contributed by atoms with Gasteiger partial charge in [-0.05, 0) is 45.6 Å². The van der Waals surface area contributed by atoms with Gasteiger partial charge in [-0.1, -0.05) is 5.16 Å². The molecule has 1 saturated carbocycles. The fraction of sp³-hybridized carbons (Fsp3) is 0.529. The fourth-order valence-corrected chi connectivity index (χ4v) is 3.06. The Balaban J connectivity index is 1.39. The molecule has 1 N–H and O–H groups in total. The summed E-state index contributed by atoms with van der Waals surface area (Å²) in [5.74, 6) is 2.14. The third kappa shape index (κ3) is 3.16. The van der Waals surface area contributed by atoms with Gasteiger partial charge in [-0.2, -0.15) is 15.1 Å². The normalized spacial score (nSPS) is 15.3. The Hall–Kier alpha value is -2.84. The van der Waals surface area contributed by atoms with Gasteiger partial charge >= 0.3 is 0 Å². The maximum Gasteiger partial charge on any atom is 0.252 e. The molecule has 1 fully saturated rings. The van der Waals surface area contributed by atoms with Crippen LogP contribution in [-0.2, 0) is 11.2 Å². The minimum Gasteiger partial charge on any atom is -0.345 e. The molecule has 1 atom stereocenters. The zero-order chi connectivity index (χ0) is 18.3. The van der Waals surface area contributed by atoms with E-state index in [1.54, 1.807) is 4.52 Å². The molecule has 0 radical (unpaired) electrons. The van der Waals surface area contributed by atoms with Crippen LogP contribution in [0, 0.1) is 13.8 Å². The van der Waals surface area contributed by atoms with Crippen molar-refractivity contribution in [1.29, 1.82) is 0 Å². The number of carbonyl (C=O) groups excluding carboxylic acids is 1. The maximum absolute atomic E-state index is 12.3. The van der Waals surface area contributed by atoms with Crippen LogP contribution in [0.4, 0.5) is 0 Å². The van der Waals surface area contributed by atoms with Gasteiger partial charge in [-0.3, -0.25) is 4.79 Å². The molecule has 3 aromatic heterocycles. The molecule has 3 aromatic rings.